The van der Waals surface area contributed by atoms with Crippen molar-refractivity contribution in [3.8, 4) is 0 Å². The Morgan fingerprint density at radius 2 is 2.16 bits per heavy atom. The first-order chi connectivity index (χ1) is 9.00. The Morgan fingerprint density at radius 1 is 1.42 bits per heavy atom. The van der Waals surface area contributed by atoms with Gasteiger partial charge in [-0.25, -0.2) is 8.42 Å². The number of amides is 1. The van der Waals surface area contributed by atoms with Crippen LogP contribution in [0.25, 0.3) is 0 Å². The minimum Gasteiger partial charge on any atom is -0.370 e. The highest BCUT2D eigenvalue weighted by Gasteiger charge is 2.33. The summed E-state index contributed by atoms with van der Waals surface area (Å²) in [7, 11) is -3.19. The molecule has 7 heteroatoms. The smallest absolute Gasteiger partial charge is 0.243 e. The molecule has 1 aromatic rings. The van der Waals surface area contributed by atoms with Gasteiger partial charge in [0.1, 0.15) is 6.61 Å². The number of benzene rings is 1. The molecule has 0 spiro atoms. The Kier molecular flexibility index (Phi) is 4.18. The number of ether oxygens (including phenoxy) is 1. The first kappa shape index (κ1) is 14.0. The third kappa shape index (κ3) is 3.31. The molecule has 1 heterocycles. The highest BCUT2D eigenvalue weighted by molar-refractivity contribution is 7.91. The van der Waals surface area contributed by atoms with Gasteiger partial charge in [0, 0.05) is 12.6 Å². The lowest BCUT2D eigenvalue weighted by Gasteiger charge is -2.12. The minimum atomic E-state index is -3.19. The lowest BCUT2D eigenvalue weighted by molar-refractivity contribution is -0.122. The van der Waals surface area contributed by atoms with E-state index in [4.69, 9.17) is 10.5 Å². The van der Waals surface area contributed by atoms with Crippen LogP contribution in [-0.2, 0) is 19.4 Å². The Hall–Kier alpha value is -1.44. The van der Waals surface area contributed by atoms with Gasteiger partial charge in [0.05, 0.1) is 17.3 Å². The Bertz CT molecular complexity index is 571. The molecule has 1 atom stereocenters. The van der Waals surface area contributed by atoms with Crippen LogP contribution in [0.5, 0.6) is 0 Å². The summed E-state index contributed by atoms with van der Waals surface area (Å²) in [6.07, 6.45) is 0. The Labute approximate surface area is 111 Å². The maximum absolute atomic E-state index is 11.9. The lowest BCUT2D eigenvalue weighted by atomic mass is 10.1. The van der Waals surface area contributed by atoms with Crippen molar-refractivity contribution in [2.75, 3.05) is 25.5 Å². The van der Waals surface area contributed by atoms with Crippen LogP contribution in [0.3, 0.4) is 0 Å². The number of nitrogens with two attached hydrogens (primary N) is 1. The number of hydrogen-bond donors (Lipinski definition) is 2. The van der Waals surface area contributed by atoms with E-state index >= 15 is 0 Å². The SMILES string of the molecule is NC(=O)COCCNC1CS(=O)(=O)c2ccccc21. The molecule has 0 bridgehead atoms. The second kappa shape index (κ2) is 5.68. The van der Waals surface area contributed by atoms with Crippen LogP contribution >= 0.6 is 0 Å². The summed E-state index contributed by atoms with van der Waals surface area (Å²) < 4.78 is 28.8. The van der Waals surface area contributed by atoms with Gasteiger partial charge in [0.2, 0.25) is 5.91 Å². The van der Waals surface area contributed by atoms with Gasteiger partial charge in [-0.05, 0) is 11.6 Å². The Morgan fingerprint density at radius 3 is 2.89 bits per heavy atom. The van der Waals surface area contributed by atoms with E-state index in [1.807, 2.05) is 12.1 Å². The summed E-state index contributed by atoms with van der Waals surface area (Å²) >= 11 is 0. The van der Waals surface area contributed by atoms with Crippen LogP contribution in [0.1, 0.15) is 11.6 Å². The zero-order valence-corrected chi connectivity index (χ0v) is 11.2. The molecule has 1 amide bonds. The molecule has 1 aliphatic heterocycles. The van der Waals surface area contributed by atoms with Crippen LogP contribution in [0.2, 0.25) is 0 Å². The van der Waals surface area contributed by atoms with Gasteiger partial charge in [-0.2, -0.15) is 0 Å². The largest absolute Gasteiger partial charge is 0.370 e. The van der Waals surface area contributed by atoms with Crippen LogP contribution < -0.4 is 11.1 Å². The molecule has 0 saturated carbocycles. The van der Waals surface area contributed by atoms with Crippen molar-refractivity contribution < 1.29 is 17.9 Å². The van der Waals surface area contributed by atoms with Crippen LogP contribution in [0, 0.1) is 0 Å². The standard InChI is InChI=1S/C12H16N2O4S/c13-12(15)7-18-6-5-14-10-8-19(16,17)11-4-2-1-3-9(10)11/h1-4,10,14H,5-8H2,(H2,13,15). The van der Waals surface area contributed by atoms with Crippen molar-refractivity contribution in [3.05, 3.63) is 29.8 Å². The van der Waals surface area contributed by atoms with E-state index < -0.39 is 15.7 Å². The summed E-state index contributed by atoms with van der Waals surface area (Å²) in [5.74, 6) is -0.462. The molecular formula is C12H16N2O4S. The van der Waals surface area contributed by atoms with Crippen molar-refractivity contribution in [2.24, 2.45) is 5.73 Å². The number of primary amides is 1. The van der Waals surface area contributed by atoms with E-state index in [2.05, 4.69) is 5.32 Å². The van der Waals surface area contributed by atoms with Crippen molar-refractivity contribution in [3.63, 3.8) is 0 Å². The predicted octanol–water partition coefficient (Wildman–Crippen LogP) is -0.393. The molecule has 6 nitrogen and oxygen atoms in total. The van der Waals surface area contributed by atoms with Crippen LogP contribution in [0.15, 0.2) is 29.2 Å². The normalized spacial score (nSPS) is 20.1. The zero-order valence-electron chi connectivity index (χ0n) is 10.3. The van der Waals surface area contributed by atoms with Crippen molar-refractivity contribution >= 4 is 15.7 Å². The van der Waals surface area contributed by atoms with E-state index in [1.54, 1.807) is 12.1 Å². The van der Waals surface area contributed by atoms with Gasteiger partial charge in [-0.15, -0.1) is 0 Å². The molecule has 1 aromatic carbocycles. The lowest BCUT2D eigenvalue weighted by Crippen LogP contribution is -2.28. The van der Waals surface area contributed by atoms with Crippen molar-refractivity contribution in [1.82, 2.24) is 5.32 Å². The first-order valence-electron chi connectivity index (χ1n) is 5.92. The first-order valence-corrected chi connectivity index (χ1v) is 7.57. The average Bonchev–Trinajstić information content (AvgIpc) is 2.61. The molecule has 2 rings (SSSR count). The summed E-state index contributed by atoms with van der Waals surface area (Å²) in [6.45, 7) is 0.644. The highest BCUT2D eigenvalue weighted by Crippen LogP contribution is 2.32. The second-order valence-corrected chi connectivity index (χ2v) is 6.35. The summed E-state index contributed by atoms with van der Waals surface area (Å²) in [5, 5.41) is 3.11. The molecule has 0 aliphatic carbocycles. The van der Waals surface area contributed by atoms with E-state index in [0.717, 1.165) is 5.56 Å². The molecule has 104 valence electrons. The quantitative estimate of drug-likeness (QED) is 0.693. The highest BCUT2D eigenvalue weighted by atomic mass is 32.2. The van der Waals surface area contributed by atoms with Gasteiger partial charge in [0.15, 0.2) is 9.84 Å². The number of fused-ring (bicyclic) bond motifs is 1. The molecule has 0 radical (unpaired) electrons. The Balaban J connectivity index is 1.91. The van der Waals surface area contributed by atoms with E-state index in [-0.39, 0.29) is 18.4 Å². The van der Waals surface area contributed by atoms with E-state index in [9.17, 15) is 13.2 Å². The monoisotopic (exact) mass is 284 g/mol. The number of carbonyl (C=O) groups is 1. The number of hydrogen-bond acceptors (Lipinski definition) is 5. The van der Waals surface area contributed by atoms with Crippen molar-refractivity contribution in [1.29, 1.82) is 0 Å². The maximum Gasteiger partial charge on any atom is 0.243 e. The predicted molar refractivity (Wildman–Crippen MR) is 69.3 cm³/mol. The van der Waals surface area contributed by atoms with Crippen LogP contribution in [-0.4, -0.2) is 39.8 Å². The molecule has 3 N–H and O–H groups in total. The molecule has 0 fully saturated rings. The van der Waals surface area contributed by atoms with Crippen LogP contribution in [0.4, 0.5) is 0 Å². The summed E-state index contributed by atoms with van der Waals surface area (Å²) in [4.78, 5) is 10.9. The van der Waals surface area contributed by atoms with Crippen molar-refractivity contribution in [2.45, 2.75) is 10.9 Å². The molecular weight excluding hydrogens is 268 g/mol. The number of carbonyl (C=O) groups excluding carboxylic acids is 1. The van der Waals surface area contributed by atoms with Gasteiger partial charge in [0.25, 0.3) is 0 Å². The van der Waals surface area contributed by atoms with Gasteiger partial charge < -0.3 is 15.8 Å². The fourth-order valence-electron chi connectivity index (χ4n) is 2.10. The van der Waals surface area contributed by atoms with Gasteiger partial charge in [-0.3, -0.25) is 4.79 Å². The topological polar surface area (TPSA) is 98.5 Å². The third-order valence-electron chi connectivity index (χ3n) is 2.90. The third-order valence-corrected chi connectivity index (χ3v) is 4.71. The molecule has 0 saturated heterocycles. The molecule has 1 unspecified atom stereocenters. The molecule has 1 aliphatic rings. The number of rotatable bonds is 6. The van der Waals surface area contributed by atoms with Gasteiger partial charge >= 0.3 is 0 Å². The fraction of sp³-hybridized carbons (Fsp3) is 0.417. The molecule has 19 heavy (non-hydrogen) atoms. The zero-order chi connectivity index (χ0) is 13.9. The van der Waals surface area contributed by atoms with E-state index in [1.165, 1.54) is 0 Å². The molecule has 0 aromatic heterocycles. The summed E-state index contributed by atoms with van der Waals surface area (Å²) in [6, 6.07) is 6.74. The fourth-order valence-corrected chi connectivity index (χ4v) is 3.87. The second-order valence-electron chi connectivity index (χ2n) is 4.34. The van der Waals surface area contributed by atoms with E-state index in [0.29, 0.717) is 18.0 Å². The maximum atomic E-state index is 11.9. The average molecular weight is 284 g/mol. The minimum absolute atomic E-state index is 0.0577. The number of nitrogens with one attached hydrogen (secondary N) is 1. The van der Waals surface area contributed by atoms with Gasteiger partial charge in [-0.1, -0.05) is 18.2 Å². The number of sulfone groups is 1. The summed E-state index contributed by atoms with van der Waals surface area (Å²) in [5.41, 5.74) is 5.72.